The number of halogens is 1. The average Bonchev–Trinajstić information content (AvgIpc) is 2.81. The van der Waals surface area contributed by atoms with Crippen molar-refractivity contribution in [1.82, 2.24) is 10.3 Å². The molecule has 3 N–H and O–H groups in total. The maximum absolute atomic E-state index is 13.6. The number of rotatable bonds is 7. The largest absolute Gasteiger partial charge is 0.489 e. The van der Waals surface area contributed by atoms with E-state index in [9.17, 15) is 19.1 Å². The van der Waals surface area contributed by atoms with Crippen LogP contribution < -0.4 is 15.6 Å². The standard InChI is InChI=1S/C25H21FN2O4/c26-18-9-10-22-20(12-18)21(13-24(30)28-22)25(31)27-14-23(29)17-7-4-8-19(11-17)32-15-16-5-2-1-3-6-16/h1-13,23,29H,14-15H2,(H,27,31)(H,28,30). The summed E-state index contributed by atoms with van der Waals surface area (Å²) in [4.78, 5) is 27.1. The van der Waals surface area contributed by atoms with Crippen LogP contribution in [0.4, 0.5) is 4.39 Å². The van der Waals surface area contributed by atoms with Crippen molar-refractivity contribution in [2.75, 3.05) is 6.54 Å². The fourth-order valence-electron chi connectivity index (χ4n) is 3.37. The van der Waals surface area contributed by atoms with Gasteiger partial charge in [-0.3, -0.25) is 9.59 Å². The van der Waals surface area contributed by atoms with Gasteiger partial charge in [0.2, 0.25) is 5.56 Å². The molecule has 4 aromatic rings. The third kappa shape index (κ3) is 5.01. The van der Waals surface area contributed by atoms with Gasteiger partial charge in [0, 0.05) is 23.5 Å². The third-order valence-electron chi connectivity index (χ3n) is 5.00. The number of aromatic amines is 1. The van der Waals surface area contributed by atoms with Crippen molar-refractivity contribution in [2.24, 2.45) is 0 Å². The molecular weight excluding hydrogens is 411 g/mol. The van der Waals surface area contributed by atoms with Crippen LogP contribution >= 0.6 is 0 Å². The third-order valence-corrected chi connectivity index (χ3v) is 5.00. The van der Waals surface area contributed by atoms with Gasteiger partial charge in [-0.05, 0) is 41.5 Å². The van der Waals surface area contributed by atoms with Crippen LogP contribution in [0.3, 0.4) is 0 Å². The molecule has 4 rings (SSSR count). The molecule has 0 radical (unpaired) electrons. The topological polar surface area (TPSA) is 91.4 Å². The highest BCUT2D eigenvalue weighted by Crippen LogP contribution is 2.21. The van der Waals surface area contributed by atoms with Gasteiger partial charge in [-0.25, -0.2) is 4.39 Å². The lowest BCUT2D eigenvalue weighted by molar-refractivity contribution is 0.0917. The fraction of sp³-hybridized carbons (Fsp3) is 0.120. The lowest BCUT2D eigenvalue weighted by Gasteiger charge is -2.14. The molecule has 0 saturated heterocycles. The number of carbonyl (C=O) groups excluding carboxylic acids is 1. The van der Waals surface area contributed by atoms with Crippen LogP contribution in [-0.2, 0) is 6.61 Å². The first-order chi connectivity index (χ1) is 15.5. The number of fused-ring (bicyclic) bond motifs is 1. The Morgan fingerprint density at radius 1 is 1.03 bits per heavy atom. The maximum Gasteiger partial charge on any atom is 0.252 e. The van der Waals surface area contributed by atoms with Gasteiger partial charge in [0.25, 0.3) is 5.91 Å². The molecule has 0 saturated carbocycles. The molecule has 0 spiro atoms. The molecule has 1 heterocycles. The second-order valence-electron chi connectivity index (χ2n) is 7.31. The molecule has 162 valence electrons. The highest BCUT2D eigenvalue weighted by atomic mass is 19.1. The van der Waals surface area contributed by atoms with Crippen LogP contribution in [0.15, 0.2) is 83.7 Å². The van der Waals surface area contributed by atoms with Crippen molar-refractivity contribution in [3.05, 3.63) is 112 Å². The van der Waals surface area contributed by atoms with E-state index in [4.69, 9.17) is 4.74 Å². The minimum absolute atomic E-state index is 0.0374. The van der Waals surface area contributed by atoms with E-state index >= 15 is 0 Å². The lowest BCUT2D eigenvalue weighted by atomic mass is 10.1. The Morgan fingerprint density at radius 3 is 2.66 bits per heavy atom. The second kappa shape index (κ2) is 9.45. The van der Waals surface area contributed by atoms with Crippen molar-refractivity contribution in [1.29, 1.82) is 0 Å². The van der Waals surface area contributed by atoms with Gasteiger partial charge in [0.15, 0.2) is 0 Å². The molecule has 1 aromatic heterocycles. The van der Waals surface area contributed by atoms with Crippen LogP contribution in [-0.4, -0.2) is 22.5 Å². The van der Waals surface area contributed by atoms with Gasteiger partial charge in [-0.1, -0.05) is 42.5 Å². The summed E-state index contributed by atoms with van der Waals surface area (Å²) in [5.74, 6) is -0.513. The zero-order valence-electron chi connectivity index (χ0n) is 17.0. The number of nitrogens with one attached hydrogen (secondary N) is 2. The summed E-state index contributed by atoms with van der Waals surface area (Å²) in [5.41, 5.74) is 1.51. The van der Waals surface area contributed by atoms with Crippen molar-refractivity contribution < 1.29 is 19.0 Å². The molecule has 0 bridgehead atoms. The van der Waals surface area contributed by atoms with Gasteiger partial charge in [-0.2, -0.15) is 0 Å². The second-order valence-corrected chi connectivity index (χ2v) is 7.31. The average molecular weight is 432 g/mol. The highest BCUT2D eigenvalue weighted by molar-refractivity contribution is 6.05. The Balaban J connectivity index is 1.43. The zero-order chi connectivity index (χ0) is 22.5. The molecule has 7 heteroatoms. The fourth-order valence-corrected chi connectivity index (χ4v) is 3.37. The molecule has 0 aliphatic rings. The van der Waals surface area contributed by atoms with Crippen molar-refractivity contribution in [3.8, 4) is 5.75 Å². The Labute approximate surface area is 183 Å². The minimum atomic E-state index is -0.996. The van der Waals surface area contributed by atoms with E-state index in [-0.39, 0.29) is 17.5 Å². The Kier molecular flexibility index (Phi) is 6.28. The van der Waals surface area contributed by atoms with Gasteiger partial charge in [-0.15, -0.1) is 0 Å². The summed E-state index contributed by atoms with van der Waals surface area (Å²) in [5, 5.41) is 13.4. The summed E-state index contributed by atoms with van der Waals surface area (Å²) >= 11 is 0. The van der Waals surface area contributed by atoms with E-state index < -0.39 is 23.4 Å². The lowest BCUT2D eigenvalue weighted by Crippen LogP contribution is -2.29. The Morgan fingerprint density at radius 2 is 1.84 bits per heavy atom. The van der Waals surface area contributed by atoms with Crippen LogP contribution in [0.2, 0.25) is 0 Å². The van der Waals surface area contributed by atoms with Gasteiger partial charge < -0.3 is 20.1 Å². The molecule has 1 atom stereocenters. The van der Waals surface area contributed by atoms with E-state index in [0.717, 1.165) is 11.6 Å². The molecular formula is C25H21FN2O4. The Bertz CT molecular complexity index is 1300. The summed E-state index contributed by atoms with van der Waals surface area (Å²) < 4.78 is 19.4. The number of benzene rings is 3. The van der Waals surface area contributed by atoms with Crippen LogP contribution in [0.5, 0.6) is 5.75 Å². The number of aliphatic hydroxyl groups excluding tert-OH is 1. The number of hydrogen-bond acceptors (Lipinski definition) is 4. The number of H-pyrrole nitrogens is 1. The SMILES string of the molecule is O=C(NCC(O)c1cccc(OCc2ccccc2)c1)c1cc(=O)[nH]c2ccc(F)cc12. The minimum Gasteiger partial charge on any atom is -0.489 e. The summed E-state index contributed by atoms with van der Waals surface area (Å²) in [6, 6.07) is 21.6. The normalized spacial score (nSPS) is 11.8. The quantitative estimate of drug-likeness (QED) is 0.415. The molecule has 0 fully saturated rings. The number of carbonyl (C=O) groups is 1. The van der Waals surface area contributed by atoms with E-state index in [1.54, 1.807) is 24.3 Å². The summed E-state index contributed by atoms with van der Waals surface area (Å²) in [6.45, 7) is 0.299. The molecule has 6 nitrogen and oxygen atoms in total. The number of aliphatic hydroxyl groups is 1. The predicted molar refractivity (Wildman–Crippen MR) is 119 cm³/mol. The zero-order valence-corrected chi connectivity index (χ0v) is 17.0. The van der Waals surface area contributed by atoms with E-state index in [2.05, 4.69) is 10.3 Å². The smallest absolute Gasteiger partial charge is 0.252 e. The van der Waals surface area contributed by atoms with Gasteiger partial charge in [0.1, 0.15) is 18.2 Å². The van der Waals surface area contributed by atoms with Crippen LogP contribution in [0, 0.1) is 5.82 Å². The molecule has 1 unspecified atom stereocenters. The first kappa shape index (κ1) is 21.3. The Hall–Kier alpha value is -3.97. The van der Waals surface area contributed by atoms with Crippen molar-refractivity contribution in [3.63, 3.8) is 0 Å². The van der Waals surface area contributed by atoms with E-state index in [0.29, 0.717) is 23.4 Å². The number of hydrogen-bond donors (Lipinski definition) is 3. The maximum atomic E-state index is 13.6. The van der Waals surface area contributed by atoms with Crippen molar-refractivity contribution in [2.45, 2.75) is 12.7 Å². The van der Waals surface area contributed by atoms with Crippen LogP contribution in [0.1, 0.15) is 27.6 Å². The van der Waals surface area contributed by atoms with Gasteiger partial charge in [0.05, 0.1) is 11.7 Å². The number of pyridine rings is 1. The monoisotopic (exact) mass is 432 g/mol. The van der Waals surface area contributed by atoms with E-state index in [1.165, 1.54) is 18.2 Å². The van der Waals surface area contributed by atoms with Gasteiger partial charge >= 0.3 is 0 Å². The van der Waals surface area contributed by atoms with Crippen LogP contribution in [0.25, 0.3) is 10.9 Å². The summed E-state index contributed by atoms with van der Waals surface area (Å²) in [6.07, 6.45) is -0.996. The summed E-state index contributed by atoms with van der Waals surface area (Å²) in [7, 11) is 0. The highest BCUT2D eigenvalue weighted by Gasteiger charge is 2.15. The molecule has 32 heavy (non-hydrogen) atoms. The molecule has 0 aliphatic heterocycles. The molecule has 3 aromatic carbocycles. The predicted octanol–water partition coefficient (Wildman–Crippen LogP) is 3.71. The van der Waals surface area contributed by atoms with Crippen molar-refractivity contribution >= 4 is 16.8 Å². The molecule has 0 aliphatic carbocycles. The molecule has 1 amide bonds. The number of aromatic nitrogens is 1. The number of ether oxygens (including phenoxy) is 1. The first-order valence-electron chi connectivity index (χ1n) is 10.0. The first-order valence-corrected chi connectivity index (χ1v) is 10.0. The number of amides is 1. The van der Waals surface area contributed by atoms with E-state index in [1.807, 2.05) is 30.3 Å².